The molecular formula is C14H18ClFN4O2. The third-order valence-electron chi connectivity index (χ3n) is 3.37. The fraction of sp³-hybridized carbons (Fsp3) is 0.429. The number of hydrazone groups is 1. The fourth-order valence-electron chi connectivity index (χ4n) is 2.32. The Morgan fingerprint density at radius 3 is 2.77 bits per heavy atom. The summed E-state index contributed by atoms with van der Waals surface area (Å²) >= 11 is 5.99. The van der Waals surface area contributed by atoms with Crippen molar-refractivity contribution in [1.29, 1.82) is 0 Å². The molecule has 1 fully saturated rings. The molecule has 3 N–H and O–H groups in total. The van der Waals surface area contributed by atoms with Gasteiger partial charge in [0.05, 0.1) is 5.02 Å². The van der Waals surface area contributed by atoms with Crippen LogP contribution in [0.15, 0.2) is 23.3 Å². The number of piperidine rings is 1. The zero-order valence-corrected chi connectivity index (χ0v) is 12.9. The molecule has 1 heterocycles. The summed E-state index contributed by atoms with van der Waals surface area (Å²) in [5.74, 6) is -0.445. The van der Waals surface area contributed by atoms with E-state index in [0.717, 1.165) is 0 Å². The van der Waals surface area contributed by atoms with Crippen molar-refractivity contribution in [3.05, 3.63) is 29.0 Å². The Morgan fingerprint density at radius 2 is 2.18 bits per heavy atom. The maximum absolute atomic E-state index is 13.2. The number of ether oxygens (including phenoxy) is 1. The number of carbonyl (C=O) groups excluding carboxylic acids is 1. The van der Waals surface area contributed by atoms with Gasteiger partial charge in [-0.3, -0.25) is 4.79 Å². The second kappa shape index (κ2) is 7.31. The Morgan fingerprint density at radius 1 is 1.50 bits per heavy atom. The molecule has 0 aliphatic carbocycles. The number of likely N-dealkylation sites (tertiary alicyclic amines) is 1. The number of nitrogens with two attached hydrogens (primary N) is 1. The molecule has 0 saturated carbocycles. The van der Waals surface area contributed by atoms with E-state index in [1.165, 1.54) is 18.2 Å². The first-order chi connectivity index (χ1) is 10.5. The van der Waals surface area contributed by atoms with Gasteiger partial charge in [-0.2, -0.15) is 5.10 Å². The number of benzene rings is 1. The van der Waals surface area contributed by atoms with E-state index in [9.17, 15) is 9.18 Å². The minimum atomic E-state index is -0.582. The van der Waals surface area contributed by atoms with Crippen molar-refractivity contribution >= 4 is 23.3 Å². The summed E-state index contributed by atoms with van der Waals surface area (Å²) in [6, 6.07) is 4.02. The fourth-order valence-corrected chi connectivity index (χ4v) is 2.48. The third kappa shape index (κ3) is 4.00. The molecule has 1 aliphatic rings. The van der Waals surface area contributed by atoms with Gasteiger partial charge in [0, 0.05) is 39.0 Å². The number of hydrogen-bond donors (Lipinski definition) is 2. The summed E-state index contributed by atoms with van der Waals surface area (Å²) in [5, 5.41) is 4.26. The average molecular weight is 329 g/mol. The first kappa shape index (κ1) is 16.4. The zero-order valence-electron chi connectivity index (χ0n) is 12.2. The molecule has 6 nitrogen and oxygen atoms in total. The number of hydrogen-bond acceptors (Lipinski definition) is 4. The molecule has 1 amide bonds. The van der Waals surface area contributed by atoms with Gasteiger partial charge in [-0.1, -0.05) is 11.6 Å². The highest BCUT2D eigenvalue weighted by atomic mass is 35.5. The molecule has 8 heteroatoms. The van der Waals surface area contributed by atoms with Gasteiger partial charge >= 0.3 is 0 Å². The molecule has 2 rings (SSSR count). The van der Waals surface area contributed by atoms with E-state index < -0.39 is 11.7 Å². The van der Waals surface area contributed by atoms with Gasteiger partial charge in [0.15, 0.2) is 0 Å². The van der Waals surface area contributed by atoms with E-state index in [-0.39, 0.29) is 11.9 Å². The number of carbonyl (C=O) groups is 1. The number of nitrogens with zero attached hydrogens (tertiary/aromatic N) is 2. The van der Waals surface area contributed by atoms with Crippen molar-refractivity contribution < 1.29 is 13.9 Å². The summed E-state index contributed by atoms with van der Waals surface area (Å²) in [6.45, 7) is 1.14. The van der Waals surface area contributed by atoms with Crippen molar-refractivity contribution in [1.82, 2.24) is 10.3 Å². The maximum atomic E-state index is 13.2. The molecule has 0 spiro atoms. The largest absolute Gasteiger partial charge is 0.489 e. The van der Waals surface area contributed by atoms with Gasteiger partial charge in [-0.15, -0.1) is 0 Å². The number of amides is 1. The lowest BCUT2D eigenvalue weighted by Crippen LogP contribution is -2.47. The van der Waals surface area contributed by atoms with Crippen LogP contribution in [0.1, 0.15) is 12.8 Å². The van der Waals surface area contributed by atoms with Crippen molar-refractivity contribution in [3.63, 3.8) is 0 Å². The Balaban J connectivity index is 1.96. The number of amidine groups is 1. The number of rotatable bonds is 3. The second-order valence-corrected chi connectivity index (χ2v) is 5.31. The van der Waals surface area contributed by atoms with Crippen LogP contribution in [0.5, 0.6) is 5.75 Å². The van der Waals surface area contributed by atoms with Gasteiger partial charge in [0.1, 0.15) is 17.7 Å². The van der Waals surface area contributed by atoms with Crippen LogP contribution in [0.4, 0.5) is 4.39 Å². The molecule has 1 aromatic rings. The van der Waals surface area contributed by atoms with Crippen LogP contribution >= 0.6 is 11.6 Å². The van der Waals surface area contributed by atoms with Crippen LogP contribution in [0.25, 0.3) is 0 Å². The number of primary amides is 1. The summed E-state index contributed by atoms with van der Waals surface area (Å²) in [7, 11) is 1.60. The Kier molecular flexibility index (Phi) is 5.43. The minimum Gasteiger partial charge on any atom is -0.489 e. The topological polar surface area (TPSA) is 79.9 Å². The van der Waals surface area contributed by atoms with Gasteiger partial charge in [0.2, 0.25) is 5.84 Å². The minimum absolute atomic E-state index is 0.0979. The highest BCUT2D eigenvalue weighted by Crippen LogP contribution is 2.28. The van der Waals surface area contributed by atoms with Gasteiger partial charge < -0.3 is 20.8 Å². The first-order valence-corrected chi connectivity index (χ1v) is 7.30. The third-order valence-corrected chi connectivity index (χ3v) is 3.68. The standard InChI is InChI=1S/C14H18ClFN4O2/c1-18-19-14(13(17)21)20-6-4-10(5-7-20)22-12-8-9(16)2-3-11(12)15/h2-3,8,10,18H,4-7H2,1H3,(H2,17,21)/b19-14+. The van der Waals surface area contributed by atoms with Crippen LogP contribution in [0, 0.1) is 5.82 Å². The zero-order chi connectivity index (χ0) is 16.1. The van der Waals surface area contributed by atoms with Crippen LogP contribution in [-0.2, 0) is 4.79 Å². The van der Waals surface area contributed by atoms with E-state index >= 15 is 0 Å². The highest BCUT2D eigenvalue weighted by molar-refractivity contribution is 6.37. The second-order valence-electron chi connectivity index (χ2n) is 4.90. The predicted molar refractivity (Wildman–Crippen MR) is 82.3 cm³/mol. The van der Waals surface area contributed by atoms with Gasteiger partial charge in [0.25, 0.3) is 5.91 Å². The van der Waals surface area contributed by atoms with E-state index in [1.54, 1.807) is 11.9 Å². The SMILES string of the molecule is CN/N=C(\C(N)=O)N1CCC(Oc2cc(F)ccc2Cl)CC1. The van der Waals surface area contributed by atoms with Crippen LogP contribution in [0.3, 0.4) is 0 Å². The lowest BCUT2D eigenvalue weighted by Gasteiger charge is -2.33. The summed E-state index contributed by atoms with van der Waals surface area (Å²) in [5.41, 5.74) is 7.87. The summed E-state index contributed by atoms with van der Waals surface area (Å²) in [4.78, 5) is 13.2. The first-order valence-electron chi connectivity index (χ1n) is 6.92. The van der Waals surface area contributed by atoms with Crippen molar-refractivity contribution in [2.24, 2.45) is 10.8 Å². The lowest BCUT2D eigenvalue weighted by atomic mass is 10.1. The molecule has 0 aromatic heterocycles. The van der Waals surface area contributed by atoms with Crippen molar-refractivity contribution in [2.45, 2.75) is 18.9 Å². The van der Waals surface area contributed by atoms with Crippen LogP contribution in [-0.4, -0.2) is 42.9 Å². The molecule has 1 aliphatic heterocycles. The summed E-state index contributed by atoms with van der Waals surface area (Å²) in [6.07, 6.45) is 1.21. The molecule has 1 aromatic carbocycles. The molecule has 22 heavy (non-hydrogen) atoms. The van der Waals surface area contributed by atoms with Gasteiger partial charge in [-0.25, -0.2) is 4.39 Å². The van der Waals surface area contributed by atoms with Gasteiger partial charge in [-0.05, 0) is 12.1 Å². The maximum Gasteiger partial charge on any atom is 0.286 e. The normalized spacial score (nSPS) is 16.5. The van der Waals surface area contributed by atoms with E-state index in [2.05, 4.69) is 10.5 Å². The number of halogens is 2. The smallest absolute Gasteiger partial charge is 0.286 e. The molecular weight excluding hydrogens is 311 g/mol. The Labute approximate surface area is 133 Å². The highest BCUT2D eigenvalue weighted by Gasteiger charge is 2.25. The Bertz CT molecular complexity index is 574. The quantitative estimate of drug-likeness (QED) is 0.498. The molecule has 0 bridgehead atoms. The van der Waals surface area contributed by atoms with Crippen LogP contribution in [0.2, 0.25) is 5.02 Å². The molecule has 0 atom stereocenters. The van der Waals surface area contributed by atoms with Crippen molar-refractivity contribution in [2.75, 3.05) is 20.1 Å². The van der Waals surface area contributed by atoms with Crippen LogP contribution < -0.4 is 15.9 Å². The lowest BCUT2D eigenvalue weighted by molar-refractivity contribution is -0.112. The number of nitrogens with one attached hydrogen (secondary N) is 1. The van der Waals surface area contributed by atoms with E-state index in [1.807, 2.05) is 0 Å². The van der Waals surface area contributed by atoms with Crippen molar-refractivity contribution in [3.8, 4) is 5.75 Å². The molecule has 1 saturated heterocycles. The molecule has 120 valence electrons. The predicted octanol–water partition coefficient (Wildman–Crippen LogP) is 1.34. The van der Waals surface area contributed by atoms with E-state index in [0.29, 0.717) is 36.7 Å². The monoisotopic (exact) mass is 328 g/mol. The Hall–Kier alpha value is -2.02. The van der Waals surface area contributed by atoms with E-state index in [4.69, 9.17) is 22.1 Å². The average Bonchev–Trinajstić information content (AvgIpc) is 2.49. The summed E-state index contributed by atoms with van der Waals surface area (Å²) < 4.78 is 19.0. The molecule has 0 radical (unpaired) electrons. The molecule has 0 unspecified atom stereocenters.